The summed E-state index contributed by atoms with van der Waals surface area (Å²) in [7, 11) is 0. The van der Waals surface area contributed by atoms with E-state index in [0.29, 0.717) is 6.42 Å². The van der Waals surface area contributed by atoms with Crippen LogP contribution in [0, 0.1) is 0 Å². The van der Waals surface area contributed by atoms with Crippen molar-refractivity contribution >= 4 is 11.8 Å². The molecule has 2 amide bonds. The van der Waals surface area contributed by atoms with Crippen molar-refractivity contribution in [3.63, 3.8) is 0 Å². The monoisotopic (exact) mass is 211 g/mol. The first kappa shape index (κ1) is 10.4. The quantitative estimate of drug-likeness (QED) is 0.635. The van der Waals surface area contributed by atoms with Crippen LogP contribution < -0.4 is 10.6 Å². The van der Waals surface area contributed by atoms with Crippen LogP contribution in [-0.4, -0.2) is 48.9 Å². The zero-order valence-corrected chi connectivity index (χ0v) is 8.79. The summed E-state index contributed by atoms with van der Waals surface area (Å²) in [5, 5.41) is 6.12. The molecule has 0 aliphatic carbocycles. The smallest absolute Gasteiger partial charge is 0.239 e. The van der Waals surface area contributed by atoms with Gasteiger partial charge in [-0.1, -0.05) is 0 Å². The SMILES string of the molecule is O=C(CN1CCCC1=O)N[C@@H]1CCNC1. The van der Waals surface area contributed by atoms with E-state index >= 15 is 0 Å². The average molecular weight is 211 g/mol. The van der Waals surface area contributed by atoms with E-state index in [1.165, 1.54) is 0 Å². The number of carbonyl (C=O) groups excluding carboxylic acids is 2. The van der Waals surface area contributed by atoms with Gasteiger partial charge in [0, 0.05) is 25.6 Å². The minimum Gasteiger partial charge on any atom is -0.351 e. The lowest BCUT2D eigenvalue weighted by molar-refractivity contribution is -0.133. The van der Waals surface area contributed by atoms with Crippen LogP contribution in [0.2, 0.25) is 0 Å². The molecule has 0 aromatic carbocycles. The molecular formula is C10H17N3O2. The summed E-state index contributed by atoms with van der Waals surface area (Å²) in [5.74, 6) is 0.0775. The van der Waals surface area contributed by atoms with Gasteiger partial charge in [0.2, 0.25) is 11.8 Å². The van der Waals surface area contributed by atoms with Crippen LogP contribution in [0.1, 0.15) is 19.3 Å². The van der Waals surface area contributed by atoms with Crippen LogP contribution in [-0.2, 0) is 9.59 Å². The van der Waals surface area contributed by atoms with Crippen LogP contribution in [0.5, 0.6) is 0 Å². The van der Waals surface area contributed by atoms with Gasteiger partial charge < -0.3 is 15.5 Å². The summed E-state index contributed by atoms with van der Waals surface area (Å²) in [4.78, 5) is 24.5. The highest BCUT2D eigenvalue weighted by molar-refractivity contribution is 5.85. The largest absolute Gasteiger partial charge is 0.351 e. The first-order valence-corrected chi connectivity index (χ1v) is 5.53. The number of rotatable bonds is 3. The molecular weight excluding hydrogens is 194 g/mol. The van der Waals surface area contributed by atoms with Crippen molar-refractivity contribution in [2.24, 2.45) is 0 Å². The van der Waals surface area contributed by atoms with E-state index in [1.54, 1.807) is 4.90 Å². The third kappa shape index (κ3) is 2.68. The van der Waals surface area contributed by atoms with E-state index < -0.39 is 0 Å². The molecule has 0 radical (unpaired) electrons. The third-order valence-corrected chi connectivity index (χ3v) is 2.93. The summed E-state index contributed by atoms with van der Waals surface area (Å²) in [6.07, 6.45) is 2.47. The molecule has 0 bridgehead atoms. The molecule has 5 heteroatoms. The second kappa shape index (κ2) is 4.61. The molecule has 2 rings (SSSR count). The van der Waals surface area contributed by atoms with E-state index in [9.17, 15) is 9.59 Å². The molecule has 84 valence electrons. The number of carbonyl (C=O) groups is 2. The minimum atomic E-state index is -0.0287. The number of hydrogen-bond acceptors (Lipinski definition) is 3. The summed E-state index contributed by atoms with van der Waals surface area (Å²) in [6, 6.07) is 0.246. The van der Waals surface area contributed by atoms with Gasteiger partial charge in [-0.05, 0) is 19.4 Å². The summed E-state index contributed by atoms with van der Waals surface area (Å²) in [5.41, 5.74) is 0. The number of amides is 2. The number of nitrogens with zero attached hydrogens (tertiary/aromatic N) is 1. The fraction of sp³-hybridized carbons (Fsp3) is 0.800. The number of nitrogens with one attached hydrogen (secondary N) is 2. The fourth-order valence-corrected chi connectivity index (χ4v) is 2.10. The lowest BCUT2D eigenvalue weighted by Gasteiger charge is -2.17. The van der Waals surface area contributed by atoms with Gasteiger partial charge in [-0.3, -0.25) is 9.59 Å². The molecule has 15 heavy (non-hydrogen) atoms. The van der Waals surface area contributed by atoms with Gasteiger partial charge in [0.05, 0.1) is 6.54 Å². The van der Waals surface area contributed by atoms with E-state index in [1.807, 2.05) is 0 Å². The van der Waals surface area contributed by atoms with Crippen molar-refractivity contribution in [3.05, 3.63) is 0 Å². The second-order valence-corrected chi connectivity index (χ2v) is 4.18. The van der Waals surface area contributed by atoms with E-state index in [4.69, 9.17) is 0 Å². The van der Waals surface area contributed by atoms with E-state index in [2.05, 4.69) is 10.6 Å². The molecule has 0 aromatic rings. The molecule has 2 aliphatic heterocycles. The van der Waals surface area contributed by atoms with Crippen LogP contribution >= 0.6 is 0 Å². The molecule has 0 unspecified atom stereocenters. The van der Waals surface area contributed by atoms with Crippen molar-refractivity contribution in [3.8, 4) is 0 Å². The highest BCUT2D eigenvalue weighted by Crippen LogP contribution is 2.08. The average Bonchev–Trinajstić information content (AvgIpc) is 2.79. The Labute approximate surface area is 89.2 Å². The maximum Gasteiger partial charge on any atom is 0.239 e. The number of hydrogen-bond donors (Lipinski definition) is 2. The Morgan fingerprint density at radius 3 is 3.07 bits per heavy atom. The standard InChI is InChI=1S/C10H17N3O2/c14-9(12-8-3-4-11-6-8)7-13-5-1-2-10(13)15/h8,11H,1-7H2,(H,12,14)/t8-/m1/s1. The van der Waals surface area contributed by atoms with Crippen LogP contribution in [0.3, 0.4) is 0 Å². The highest BCUT2D eigenvalue weighted by atomic mass is 16.2. The Kier molecular flexibility index (Phi) is 3.20. The van der Waals surface area contributed by atoms with Gasteiger partial charge in [0.1, 0.15) is 0 Å². The fourth-order valence-electron chi connectivity index (χ4n) is 2.10. The highest BCUT2D eigenvalue weighted by Gasteiger charge is 2.24. The predicted octanol–water partition coefficient (Wildman–Crippen LogP) is -0.913. The van der Waals surface area contributed by atoms with E-state index in [0.717, 1.165) is 32.5 Å². The molecule has 2 N–H and O–H groups in total. The molecule has 0 spiro atoms. The molecule has 2 aliphatic rings. The normalized spacial score (nSPS) is 26.0. The Morgan fingerprint density at radius 2 is 2.47 bits per heavy atom. The van der Waals surface area contributed by atoms with Crippen molar-refractivity contribution in [2.75, 3.05) is 26.2 Å². The van der Waals surface area contributed by atoms with Crippen molar-refractivity contribution in [1.82, 2.24) is 15.5 Å². The molecule has 0 saturated carbocycles. The van der Waals surface area contributed by atoms with Gasteiger partial charge in [-0.2, -0.15) is 0 Å². The molecule has 2 heterocycles. The summed E-state index contributed by atoms with van der Waals surface area (Å²) >= 11 is 0. The maximum atomic E-state index is 11.6. The Balaban J connectivity index is 1.74. The first-order chi connectivity index (χ1) is 7.25. The van der Waals surface area contributed by atoms with Gasteiger partial charge in [-0.15, -0.1) is 0 Å². The second-order valence-electron chi connectivity index (χ2n) is 4.18. The molecule has 1 atom stereocenters. The van der Waals surface area contributed by atoms with Crippen molar-refractivity contribution in [1.29, 1.82) is 0 Å². The molecule has 5 nitrogen and oxygen atoms in total. The maximum absolute atomic E-state index is 11.6. The predicted molar refractivity (Wildman–Crippen MR) is 55.2 cm³/mol. The summed E-state index contributed by atoms with van der Waals surface area (Å²) < 4.78 is 0. The van der Waals surface area contributed by atoms with Gasteiger partial charge in [0.25, 0.3) is 0 Å². The molecule has 2 saturated heterocycles. The van der Waals surface area contributed by atoms with Gasteiger partial charge >= 0.3 is 0 Å². The summed E-state index contributed by atoms with van der Waals surface area (Å²) in [6.45, 7) is 2.78. The lowest BCUT2D eigenvalue weighted by atomic mass is 10.2. The Bertz CT molecular complexity index is 261. The minimum absolute atomic E-state index is 0.0287. The van der Waals surface area contributed by atoms with Crippen LogP contribution in [0.4, 0.5) is 0 Å². The van der Waals surface area contributed by atoms with Crippen molar-refractivity contribution < 1.29 is 9.59 Å². The topological polar surface area (TPSA) is 61.4 Å². The number of likely N-dealkylation sites (tertiary alicyclic amines) is 1. The Hall–Kier alpha value is -1.10. The van der Waals surface area contributed by atoms with E-state index in [-0.39, 0.29) is 24.4 Å². The third-order valence-electron chi connectivity index (χ3n) is 2.93. The van der Waals surface area contributed by atoms with Crippen LogP contribution in [0.25, 0.3) is 0 Å². The molecule has 2 fully saturated rings. The van der Waals surface area contributed by atoms with Gasteiger partial charge in [0.15, 0.2) is 0 Å². The van der Waals surface area contributed by atoms with Crippen molar-refractivity contribution in [2.45, 2.75) is 25.3 Å². The zero-order chi connectivity index (χ0) is 10.7. The first-order valence-electron chi connectivity index (χ1n) is 5.53. The van der Waals surface area contributed by atoms with Crippen LogP contribution in [0.15, 0.2) is 0 Å². The Morgan fingerprint density at radius 1 is 1.60 bits per heavy atom. The molecule has 0 aromatic heterocycles. The zero-order valence-electron chi connectivity index (χ0n) is 8.79. The lowest BCUT2D eigenvalue weighted by Crippen LogP contribution is -2.43. The van der Waals surface area contributed by atoms with Gasteiger partial charge in [-0.25, -0.2) is 0 Å².